The number of carbonyl (C=O) groups excluding carboxylic acids is 1. The third kappa shape index (κ3) is 4.95. The van der Waals surface area contributed by atoms with Gasteiger partial charge in [-0.05, 0) is 85.3 Å². The Bertz CT molecular complexity index is 1170. The second kappa shape index (κ2) is 9.82. The fourth-order valence-electron chi connectivity index (χ4n) is 3.70. The van der Waals surface area contributed by atoms with Crippen molar-refractivity contribution in [3.8, 4) is 5.75 Å². The predicted octanol–water partition coefficient (Wildman–Crippen LogP) is 7.99. The Morgan fingerprint density at radius 2 is 1.69 bits per heavy atom. The summed E-state index contributed by atoms with van der Waals surface area (Å²) in [6.07, 6.45) is 1.94. The number of hydrogen-bond donors (Lipinski definition) is 0. The summed E-state index contributed by atoms with van der Waals surface area (Å²) in [6, 6.07) is 19.5. The molecule has 3 aromatic rings. The van der Waals surface area contributed by atoms with E-state index in [9.17, 15) is 4.79 Å². The van der Waals surface area contributed by atoms with Gasteiger partial charge in [-0.3, -0.25) is 4.79 Å². The molecule has 0 unspecified atom stereocenters. The van der Waals surface area contributed by atoms with Crippen molar-refractivity contribution in [3.05, 3.63) is 91.3 Å². The number of benzene rings is 3. The Morgan fingerprint density at radius 1 is 1.03 bits per heavy atom. The van der Waals surface area contributed by atoms with E-state index in [0.29, 0.717) is 35.4 Å². The van der Waals surface area contributed by atoms with Crippen molar-refractivity contribution >= 4 is 66.7 Å². The minimum atomic E-state index is 0.0372. The topological polar surface area (TPSA) is 29.5 Å². The van der Waals surface area contributed by atoms with E-state index in [1.807, 2.05) is 71.6 Å². The molecule has 1 aliphatic heterocycles. The van der Waals surface area contributed by atoms with Crippen molar-refractivity contribution in [2.75, 3.05) is 11.4 Å². The number of amides is 1. The summed E-state index contributed by atoms with van der Waals surface area (Å²) in [4.78, 5) is 15.1. The molecule has 3 nitrogen and oxygen atoms in total. The third-order valence-corrected chi connectivity index (χ3v) is 6.57. The van der Waals surface area contributed by atoms with Gasteiger partial charge in [0.1, 0.15) is 12.4 Å². The zero-order valence-electron chi connectivity index (χ0n) is 17.7. The van der Waals surface area contributed by atoms with Gasteiger partial charge in [0.15, 0.2) is 0 Å². The molecule has 1 heterocycles. The first-order valence-electron chi connectivity index (χ1n) is 10.3. The highest BCUT2D eigenvalue weighted by Gasteiger charge is 2.32. The smallest absolute Gasteiger partial charge is 0.259 e. The molecule has 0 bridgehead atoms. The van der Waals surface area contributed by atoms with Crippen LogP contribution in [0.2, 0.25) is 5.02 Å². The fraction of sp³-hybridized carbons (Fsp3) is 0.192. The maximum atomic E-state index is 13.2. The number of rotatable bonds is 6. The molecular weight excluding hydrogens is 554 g/mol. The summed E-state index contributed by atoms with van der Waals surface area (Å²) in [7, 11) is 0. The highest BCUT2D eigenvalue weighted by molar-refractivity contribution is 9.11. The van der Waals surface area contributed by atoms with Gasteiger partial charge in [0.2, 0.25) is 0 Å². The number of nitrogens with zero attached hydrogens (tertiary/aromatic N) is 1. The maximum absolute atomic E-state index is 13.2. The van der Waals surface area contributed by atoms with Crippen LogP contribution in [0.15, 0.2) is 69.6 Å². The zero-order chi connectivity index (χ0) is 22.8. The summed E-state index contributed by atoms with van der Waals surface area (Å²) >= 11 is 13.2. The first-order chi connectivity index (χ1) is 15.3. The molecule has 4 rings (SSSR count). The van der Waals surface area contributed by atoms with Crippen LogP contribution in [0.1, 0.15) is 30.5 Å². The quantitative estimate of drug-likeness (QED) is 0.279. The summed E-state index contributed by atoms with van der Waals surface area (Å²) in [6.45, 7) is 5.35. The van der Waals surface area contributed by atoms with Crippen LogP contribution in [-0.2, 0) is 11.4 Å². The minimum Gasteiger partial charge on any atom is -0.487 e. The van der Waals surface area contributed by atoms with Crippen LogP contribution in [0.25, 0.3) is 11.6 Å². The lowest BCUT2D eigenvalue weighted by Gasteiger charge is -2.19. The first kappa shape index (κ1) is 23.1. The lowest BCUT2D eigenvalue weighted by atomic mass is 10.0. The number of halogens is 3. The van der Waals surface area contributed by atoms with E-state index in [1.165, 1.54) is 0 Å². The summed E-state index contributed by atoms with van der Waals surface area (Å²) < 4.78 is 7.65. The molecule has 6 heteroatoms. The van der Waals surface area contributed by atoms with Crippen molar-refractivity contribution in [1.29, 1.82) is 0 Å². The number of para-hydroxylation sites is 1. The van der Waals surface area contributed by atoms with Crippen LogP contribution in [0.4, 0.5) is 5.69 Å². The standard InChI is InChI=1S/C26H22Br2ClNO2/c1-16(2)14-30-24-6-4-3-5-20(24)21(26(30)31)11-18-12-22(27)25(23(28)13-18)32-15-17-7-9-19(29)10-8-17/h3-13,16H,14-15H2,1-2H3/b21-11-. The van der Waals surface area contributed by atoms with Gasteiger partial charge in [-0.2, -0.15) is 0 Å². The second-order valence-electron chi connectivity index (χ2n) is 8.11. The lowest BCUT2D eigenvalue weighted by molar-refractivity contribution is -0.113. The van der Waals surface area contributed by atoms with Crippen LogP contribution in [0, 0.1) is 5.92 Å². The Kier molecular flexibility index (Phi) is 7.08. The number of carbonyl (C=O) groups is 1. The average molecular weight is 576 g/mol. The molecule has 164 valence electrons. The van der Waals surface area contributed by atoms with Gasteiger partial charge in [0, 0.05) is 22.7 Å². The fourth-order valence-corrected chi connectivity index (χ4v) is 5.27. The van der Waals surface area contributed by atoms with E-state index in [0.717, 1.165) is 31.3 Å². The number of fused-ring (bicyclic) bond motifs is 1. The van der Waals surface area contributed by atoms with E-state index >= 15 is 0 Å². The van der Waals surface area contributed by atoms with Gasteiger partial charge >= 0.3 is 0 Å². The van der Waals surface area contributed by atoms with E-state index in [1.54, 1.807) is 0 Å². The van der Waals surface area contributed by atoms with Gasteiger partial charge in [0.05, 0.1) is 14.6 Å². The Hall–Kier alpha value is -2.08. The number of ether oxygens (including phenoxy) is 1. The summed E-state index contributed by atoms with van der Waals surface area (Å²) in [5.74, 6) is 1.13. The molecule has 1 aliphatic rings. The average Bonchev–Trinajstić information content (AvgIpc) is 3.00. The molecule has 0 aliphatic carbocycles. The molecule has 0 spiro atoms. The predicted molar refractivity (Wildman–Crippen MR) is 139 cm³/mol. The highest BCUT2D eigenvalue weighted by atomic mass is 79.9. The van der Waals surface area contributed by atoms with Crippen molar-refractivity contribution in [2.45, 2.75) is 20.5 Å². The Labute approximate surface area is 210 Å². The highest BCUT2D eigenvalue weighted by Crippen LogP contribution is 2.40. The van der Waals surface area contributed by atoms with Gasteiger partial charge in [-0.1, -0.05) is 55.8 Å². The molecule has 1 amide bonds. The molecular formula is C26H22Br2ClNO2. The van der Waals surface area contributed by atoms with Crippen molar-refractivity contribution < 1.29 is 9.53 Å². The molecule has 0 aromatic heterocycles. The van der Waals surface area contributed by atoms with Crippen LogP contribution in [-0.4, -0.2) is 12.5 Å². The van der Waals surface area contributed by atoms with E-state index < -0.39 is 0 Å². The number of hydrogen-bond acceptors (Lipinski definition) is 2. The van der Waals surface area contributed by atoms with Gasteiger partial charge in [0.25, 0.3) is 5.91 Å². The van der Waals surface area contributed by atoms with E-state index in [2.05, 4.69) is 45.7 Å². The second-order valence-corrected chi connectivity index (χ2v) is 10.3. The van der Waals surface area contributed by atoms with E-state index in [4.69, 9.17) is 16.3 Å². The molecule has 0 saturated carbocycles. The zero-order valence-corrected chi connectivity index (χ0v) is 21.7. The maximum Gasteiger partial charge on any atom is 0.259 e. The molecule has 3 aromatic carbocycles. The molecule has 0 atom stereocenters. The first-order valence-corrected chi connectivity index (χ1v) is 12.3. The van der Waals surface area contributed by atoms with Gasteiger partial charge in [-0.15, -0.1) is 0 Å². The molecule has 32 heavy (non-hydrogen) atoms. The largest absolute Gasteiger partial charge is 0.487 e. The Morgan fingerprint density at radius 3 is 2.34 bits per heavy atom. The lowest BCUT2D eigenvalue weighted by Crippen LogP contribution is -2.30. The number of anilines is 1. The van der Waals surface area contributed by atoms with Crippen LogP contribution >= 0.6 is 43.5 Å². The van der Waals surface area contributed by atoms with Crippen LogP contribution in [0.5, 0.6) is 5.75 Å². The van der Waals surface area contributed by atoms with Gasteiger partial charge in [-0.25, -0.2) is 0 Å². The molecule has 0 radical (unpaired) electrons. The van der Waals surface area contributed by atoms with Crippen molar-refractivity contribution in [1.82, 2.24) is 0 Å². The van der Waals surface area contributed by atoms with Crippen LogP contribution < -0.4 is 9.64 Å². The summed E-state index contributed by atoms with van der Waals surface area (Å²) in [5.41, 5.74) is 4.58. The van der Waals surface area contributed by atoms with E-state index in [-0.39, 0.29) is 5.91 Å². The summed E-state index contributed by atoms with van der Waals surface area (Å²) in [5, 5.41) is 0.698. The molecule has 0 fully saturated rings. The van der Waals surface area contributed by atoms with Crippen molar-refractivity contribution in [2.24, 2.45) is 5.92 Å². The van der Waals surface area contributed by atoms with Gasteiger partial charge < -0.3 is 9.64 Å². The van der Waals surface area contributed by atoms with Crippen molar-refractivity contribution in [3.63, 3.8) is 0 Å². The molecule has 0 saturated heterocycles. The third-order valence-electron chi connectivity index (χ3n) is 5.14. The SMILES string of the molecule is CC(C)CN1C(=O)/C(=C\c2cc(Br)c(OCc3ccc(Cl)cc3)c(Br)c2)c2ccccc21. The normalized spacial score (nSPS) is 14.4. The monoisotopic (exact) mass is 573 g/mol. The Balaban J connectivity index is 1.62. The minimum absolute atomic E-state index is 0.0372. The molecule has 0 N–H and O–H groups in total. The van der Waals surface area contributed by atoms with Crippen LogP contribution in [0.3, 0.4) is 0 Å².